The van der Waals surface area contributed by atoms with Crippen molar-refractivity contribution in [2.75, 3.05) is 7.11 Å². The van der Waals surface area contributed by atoms with Crippen LogP contribution in [-0.2, 0) is 31.9 Å². The van der Waals surface area contributed by atoms with Crippen LogP contribution >= 0.6 is 0 Å². The minimum absolute atomic E-state index is 0.00765. The number of carbonyl (C=O) groups excluding carboxylic acids is 1. The van der Waals surface area contributed by atoms with E-state index in [1.54, 1.807) is 12.1 Å². The molecule has 1 fully saturated rings. The van der Waals surface area contributed by atoms with Crippen molar-refractivity contribution in [2.24, 2.45) is 0 Å². The predicted molar refractivity (Wildman–Crippen MR) is 124 cm³/mol. The molecule has 1 heterocycles. The van der Waals surface area contributed by atoms with Crippen LogP contribution in [-0.4, -0.2) is 48.6 Å². The largest absolute Gasteiger partial charge is 0.496 e. The molecule has 0 radical (unpaired) electrons. The zero-order valence-electron chi connectivity index (χ0n) is 19.6. The zero-order valence-corrected chi connectivity index (χ0v) is 19.6. The van der Waals surface area contributed by atoms with Crippen molar-refractivity contribution in [1.82, 2.24) is 5.32 Å². The zero-order chi connectivity index (χ0) is 24.2. The summed E-state index contributed by atoms with van der Waals surface area (Å²) in [5.41, 5.74) is 1.12. The monoisotopic (exact) mass is 455 g/mol. The van der Waals surface area contributed by atoms with Crippen LogP contribution in [0.15, 0.2) is 48.5 Å². The highest BCUT2D eigenvalue weighted by atomic mass is 16.7. The lowest BCUT2D eigenvalue weighted by Gasteiger charge is -2.32. The Morgan fingerprint density at radius 3 is 2.27 bits per heavy atom. The summed E-state index contributed by atoms with van der Waals surface area (Å²) in [7, 11) is 0.900. The van der Waals surface area contributed by atoms with Crippen molar-refractivity contribution in [3.8, 4) is 5.75 Å². The van der Waals surface area contributed by atoms with E-state index in [-0.39, 0.29) is 13.0 Å². The molecule has 2 N–H and O–H groups in total. The number of hydrogen-bond donors (Lipinski definition) is 2. The number of rotatable bonds is 8. The maximum Gasteiger partial charge on any atom is 0.494 e. The Labute approximate surface area is 194 Å². The molecule has 1 aliphatic rings. The van der Waals surface area contributed by atoms with Crippen LogP contribution in [0.2, 0.25) is 0 Å². The molecule has 1 amide bonds. The third-order valence-corrected chi connectivity index (χ3v) is 6.06. The number of alkyl carbamates (subject to hydrolysis) is 1. The van der Waals surface area contributed by atoms with Gasteiger partial charge in [0, 0.05) is 6.42 Å². The third kappa shape index (κ3) is 5.86. The quantitative estimate of drug-likeness (QED) is 0.590. The topological polar surface area (TPSA) is 103 Å². The fourth-order valence-corrected chi connectivity index (χ4v) is 3.41. The van der Waals surface area contributed by atoms with E-state index in [9.17, 15) is 14.7 Å². The van der Waals surface area contributed by atoms with Gasteiger partial charge in [-0.05, 0) is 50.4 Å². The maximum atomic E-state index is 12.2. The molecule has 0 aromatic heterocycles. The second-order valence-electron chi connectivity index (χ2n) is 8.96. The van der Waals surface area contributed by atoms with Gasteiger partial charge in [-0.1, -0.05) is 42.5 Å². The van der Waals surface area contributed by atoms with Crippen molar-refractivity contribution in [3.63, 3.8) is 0 Å². The Kier molecular flexibility index (Phi) is 7.34. The summed E-state index contributed by atoms with van der Waals surface area (Å²) < 4.78 is 22.8. The molecule has 0 saturated carbocycles. The molecular formula is C24H30BNO7. The summed E-state index contributed by atoms with van der Waals surface area (Å²) in [5.74, 6) is -0.685. The lowest BCUT2D eigenvalue weighted by Crippen LogP contribution is -2.43. The Morgan fingerprint density at radius 2 is 1.70 bits per heavy atom. The molecule has 0 aliphatic carbocycles. The lowest BCUT2D eigenvalue weighted by atomic mass is 9.78. The molecule has 8 nitrogen and oxygen atoms in total. The Balaban J connectivity index is 1.73. The summed E-state index contributed by atoms with van der Waals surface area (Å²) in [5, 5.41) is 12.1. The number of benzene rings is 2. The number of hydrogen-bond acceptors (Lipinski definition) is 6. The van der Waals surface area contributed by atoms with Gasteiger partial charge in [-0.25, -0.2) is 9.59 Å². The van der Waals surface area contributed by atoms with Gasteiger partial charge in [0.1, 0.15) is 18.4 Å². The van der Waals surface area contributed by atoms with Crippen LogP contribution in [0.4, 0.5) is 4.79 Å². The second-order valence-corrected chi connectivity index (χ2v) is 8.96. The smallest absolute Gasteiger partial charge is 0.494 e. The van der Waals surface area contributed by atoms with Gasteiger partial charge in [0.05, 0.1) is 18.3 Å². The molecule has 33 heavy (non-hydrogen) atoms. The first kappa shape index (κ1) is 24.6. The molecule has 2 aromatic rings. The first-order chi connectivity index (χ1) is 15.5. The normalized spacial score (nSPS) is 17.3. The molecular weight excluding hydrogens is 425 g/mol. The van der Waals surface area contributed by atoms with Crippen molar-refractivity contribution in [2.45, 2.75) is 58.0 Å². The molecule has 1 saturated heterocycles. The average molecular weight is 455 g/mol. The van der Waals surface area contributed by atoms with Gasteiger partial charge < -0.3 is 29.2 Å². The number of methoxy groups -OCH3 is 1. The van der Waals surface area contributed by atoms with Gasteiger partial charge in [0.15, 0.2) is 0 Å². The highest BCUT2D eigenvalue weighted by Gasteiger charge is 2.51. The van der Waals surface area contributed by atoms with E-state index in [1.165, 1.54) is 7.11 Å². The van der Waals surface area contributed by atoms with Crippen LogP contribution in [0, 0.1) is 0 Å². The molecule has 0 bridgehead atoms. The van der Waals surface area contributed by atoms with E-state index in [0.29, 0.717) is 11.3 Å². The molecule has 1 atom stereocenters. The van der Waals surface area contributed by atoms with Gasteiger partial charge in [-0.15, -0.1) is 0 Å². The van der Waals surface area contributed by atoms with E-state index >= 15 is 0 Å². The van der Waals surface area contributed by atoms with Gasteiger partial charge in [0.25, 0.3) is 0 Å². The fourth-order valence-electron chi connectivity index (χ4n) is 3.41. The summed E-state index contributed by atoms with van der Waals surface area (Å²) in [6, 6.07) is 13.3. The molecule has 3 rings (SSSR count). The molecule has 0 unspecified atom stereocenters. The van der Waals surface area contributed by atoms with E-state index < -0.39 is 36.4 Å². The third-order valence-electron chi connectivity index (χ3n) is 6.06. The van der Waals surface area contributed by atoms with Gasteiger partial charge in [-0.3, -0.25) is 0 Å². The highest BCUT2D eigenvalue weighted by Crippen LogP contribution is 2.36. The van der Waals surface area contributed by atoms with E-state index in [2.05, 4.69) is 5.32 Å². The van der Waals surface area contributed by atoms with Crippen molar-refractivity contribution < 1.29 is 33.5 Å². The molecule has 0 spiro atoms. The van der Waals surface area contributed by atoms with Crippen molar-refractivity contribution >= 4 is 24.6 Å². The number of ether oxygens (including phenoxy) is 2. The number of amides is 1. The minimum Gasteiger partial charge on any atom is -0.496 e. The highest BCUT2D eigenvalue weighted by molar-refractivity contribution is 6.62. The molecule has 9 heteroatoms. The van der Waals surface area contributed by atoms with Crippen molar-refractivity contribution in [1.29, 1.82) is 0 Å². The molecule has 1 aliphatic heterocycles. The van der Waals surface area contributed by atoms with Crippen LogP contribution in [0.25, 0.3) is 0 Å². The summed E-state index contributed by atoms with van der Waals surface area (Å²) in [4.78, 5) is 24.1. The summed E-state index contributed by atoms with van der Waals surface area (Å²) in [6.45, 7) is 7.89. The van der Waals surface area contributed by atoms with E-state index in [1.807, 2.05) is 64.1 Å². The number of carbonyl (C=O) groups is 2. The second kappa shape index (κ2) is 9.85. The number of aliphatic carboxylic acids is 1. The minimum atomic E-state index is -1.21. The number of carboxylic acid groups (broad SMARTS) is 1. The standard InChI is InChI=1S/C24H30BNO7/c1-23(2)24(3,4)33-25(32-23)18-11-12-20(30-5)17(13-18)14-19(21(27)28)26-22(29)31-15-16-9-7-6-8-10-16/h6-13,19H,14-15H2,1-5H3,(H,26,29)(H,27,28)/t19-/m0/s1. The summed E-state index contributed by atoms with van der Waals surface area (Å²) >= 11 is 0. The van der Waals surface area contributed by atoms with Crippen LogP contribution in [0.5, 0.6) is 5.75 Å². The predicted octanol–water partition coefficient (Wildman–Crippen LogP) is 2.92. The summed E-state index contributed by atoms with van der Waals surface area (Å²) in [6.07, 6.45) is -0.820. The lowest BCUT2D eigenvalue weighted by molar-refractivity contribution is -0.139. The maximum absolute atomic E-state index is 12.2. The molecule has 176 valence electrons. The number of carboxylic acids is 1. The van der Waals surface area contributed by atoms with Gasteiger partial charge >= 0.3 is 19.2 Å². The molecule has 2 aromatic carbocycles. The SMILES string of the molecule is COc1ccc(B2OC(C)(C)C(C)(C)O2)cc1C[C@H](NC(=O)OCc1ccccc1)C(=O)O. The van der Waals surface area contributed by atoms with E-state index in [0.717, 1.165) is 11.0 Å². The van der Waals surface area contributed by atoms with Gasteiger partial charge in [0.2, 0.25) is 0 Å². The average Bonchev–Trinajstić information content (AvgIpc) is 2.99. The number of nitrogens with one attached hydrogen (secondary N) is 1. The van der Waals surface area contributed by atoms with Gasteiger partial charge in [-0.2, -0.15) is 0 Å². The van der Waals surface area contributed by atoms with Crippen LogP contribution in [0.3, 0.4) is 0 Å². The van der Waals surface area contributed by atoms with E-state index in [4.69, 9.17) is 18.8 Å². The van der Waals surface area contributed by atoms with Crippen LogP contribution in [0.1, 0.15) is 38.8 Å². The Hall–Kier alpha value is -3.04. The van der Waals surface area contributed by atoms with Crippen molar-refractivity contribution in [3.05, 3.63) is 59.7 Å². The fraction of sp³-hybridized carbons (Fsp3) is 0.417. The first-order valence-electron chi connectivity index (χ1n) is 10.7. The van der Waals surface area contributed by atoms with Crippen LogP contribution < -0.4 is 15.5 Å². The Bertz CT molecular complexity index is 978. The first-order valence-corrected chi connectivity index (χ1v) is 10.7. The Morgan fingerprint density at radius 1 is 1.06 bits per heavy atom.